The van der Waals surface area contributed by atoms with E-state index in [1.165, 1.54) is 20.0 Å². The second-order valence-electron chi connectivity index (χ2n) is 4.94. The standard InChI is InChI=1S/C15H21NO3/c1-18-13-10-6-9-12(16)14(13)15(17)19-11-7-4-2-3-5-8-11/h6,9-11H,2-5,7-8,16H2,1H3. The lowest BCUT2D eigenvalue weighted by molar-refractivity contribution is 0.0265. The Hall–Kier alpha value is -1.71. The van der Waals surface area contributed by atoms with Gasteiger partial charge in [-0.2, -0.15) is 0 Å². The minimum Gasteiger partial charge on any atom is -0.496 e. The van der Waals surface area contributed by atoms with Crippen LogP contribution in [0.4, 0.5) is 5.69 Å². The summed E-state index contributed by atoms with van der Waals surface area (Å²) in [5.41, 5.74) is 6.60. The molecule has 0 amide bonds. The first kappa shape index (κ1) is 13.7. The van der Waals surface area contributed by atoms with Crippen molar-refractivity contribution in [2.24, 2.45) is 0 Å². The number of ether oxygens (including phenoxy) is 2. The lowest BCUT2D eigenvalue weighted by Crippen LogP contribution is -2.19. The summed E-state index contributed by atoms with van der Waals surface area (Å²) in [5.74, 6) is 0.0977. The van der Waals surface area contributed by atoms with E-state index in [2.05, 4.69) is 0 Å². The van der Waals surface area contributed by atoms with Gasteiger partial charge in [0.1, 0.15) is 17.4 Å². The van der Waals surface area contributed by atoms with Gasteiger partial charge in [-0.3, -0.25) is 0 Å². The lowest BCUT2D eigenvalue weighted by atomic mass is 10.1. The Bertz CT molecular complexity index is 437. The van der Waals surface area contributed by atoms with E-state index in [1.807, 2.05) is 0 Å². The van der Waals surface area contributed by atoms with E-state index in [4.69, 9.17) is 15.2 Å². The smallest absolute Gasteiger partial charge is 0.344 e. The third kappa shape index (κ3) is 3.40. The minimum absolute atomic E-state index is 0.0133. The van der Waals surface area contributed by atoms with Gasteiger partial charge in [-0.05, 0) is 37.8 Å². The van der Waals surface area contributed by atoms with Crippen molar-refractivity contribution in [1.82, 2.24) is 0 Å². The van der Waals surface area contributed by atoms with Crippen LogP contribution in [0.15, 0.2) is 18.2 Å². The van der Waals surface area contributed by atoms with Gasteiger partial charge in [-0.1, -0.05) is 18.9 Å². The maximum Gasteiger partial charge on any atom is 0.344 e. The average Bonchev–Trinajstić information content (AvgIpc) is 2.66. The van der Waals surface area contributed by atoms with Crippen molar-refractivity contribution in [2.75, 3.05) is 12.8 Å². The van der Waals surface area contributed by atoms with Crippen LogP contribution in [-0.2, 0) is 4.74 Å². The molecule has 0 spiro atoms. The van der Waals surface area contributed by atoms with Gasteiger partial charge >= 0.3 is 5.97 Å². The Morgan fingerprint density at radius 3 is 2.53 bits per heavy atom. The highest BCUT2D eigenvalue weighted by molar-refractivity contribution is 5.98. The second-order valence-corrected chi connectivity index (χ2v) is 4.94. The van der Waals surface area contributed by atoms with Crippen LogP contribution in [0.3, 0.4) is 0 Å². The Balaban J connectivity index is 2.10. The molecule has 2 rings (SSSR count). The predicted octanol–water partition coefficient (Wildman–Crippen LogP) is 3.16. The maximum absolute atomic E-state index is 12.2. The van der Waals surface area contributed by atoms with Gasteiger partial charge in [0.25, 0.3) is 0 Å². The topological polar surface area (TPSA) is 61.5 Å². The van der Waals surface area contributed by atoms with Crippen LogP contribution in [-0.4, -0.2) is 19.2 Å². The van der Waals surface area contributed by atoms with Crippen LogP contribution >= 0.6 is 0 Å². The SMILES string of the molecule is COc1cccc(N)c1C(=O)OC1CCCCCC1. The molecule has 1 fully saturated rings. The van der Waals surface area contributed by atoms with Crippen molar-refractivity contribution < 1.29 is 14.3 Å². The van der Waals surface area contributed by atoms with Crippen LogP contribution < -0.4 is 10.5 Å². The third-order valence-corrected chi connectivity index (χ3v) is 3.56. The van der Waals surface area contributed by atoms with Gasteiger partial charge in [0.2, 0.25) is 0 Å². The Labute approximate surface area is 113 Å². The second kappa shape index (κ2) is 6.45. The monoisotopic (exact) mass is 263 g/mol. The molecule has 1 aliphatic carbocycles. The van der Waals surface area contributed by atoms with Gasteiger partial charge in [0.05, 0.1) is 7.11 Å². The molecule has 0 radical (unpaired) electrons. The Morgan fingerprint density at radius 1 is 1.21 bits per heavy atom. The lowest BCUT2D eigenvalue weighted by Gasteiger charge is -2.17. The fourth-order valence-corrected chi connectivity index (χ4v) is 2.51. The zero-order chi connectivity index (χ0) is 13.7. The molecule has 0 atom stereocenters. The van der Waals surface area contributed by atoms with E-state index in [9.17, 15) is 4.79 Å². The number of carbonyl (C=O) groups is 1. The summed E-state index contributed by atoms with van der Waals surface area (Å²) in [6.07, 6.45) is 6.61. The van der Waals surface area contributed by atoms with E-state index >= 15 is 0 Å². The number of hydrogen-bond acceptors (Lipinski definition) is 4. The summed E-state index contributed by atoms with van der Waals surface area (Å²) in [6, 6.07) is 5.17. The van der Waals surface area contributed by atoms with Crippen molar-refractivity contribution in [3.8, 4) is 5.75 Å². The largest absolute Gasteiger partial charge is 0.496 e. The van der Waals surface area contributed by atoms with E-state index in [1.54, 1.807) is 18.2 Å². The minimum atomic E-state index is -0.373. The molecule has 1 aromatic rings. The molecule has 1 saturated carbocycles. The highest BCUT2D eigenvalue weighted by atomic mass is 16.5. The molecule has 0 bridgehead atoms. The normalized spacial score (nSPS) is 16.7. The summed E-state index contributed by atoms with van der Waals surface area (Å²) < 4.78 is 10.8. The van der Waals surface area contributed by atoms with E-state index in [0.29, 0.717) is 17.0 Å². The number of hydrogen-bond donors (Lipinski definition) is 1. The summed E-state index contributed by atoms with van der Waals surface area (Å²) in [5, 5.41) is 0. The van der Waals surface area contributed by atoms with Crippen molar-refractivity contribution in [2.45, 2.75) is 44.6 Å². The quantitative estimate of drug-likeness (QED) is 0.517. The fraction of sp³-hybridized carbons (Fsp3) is 0.533. The molecule has 0 saturated heterocycles. The molecule has 0 heterocycles. The summed E-state index contributed by atoms with van der Waals surface area (Å²) in [6.45, 7) is 0. The van der Waals surface area contributed by atoms with Crippen LogP contribution in [0.1, 0.15) is 48.9 Å². The summed E-state index contributed by atoms with van der Waals surface area (Å²) >= 11 is 0. The summed E-state index contributed by atoms with van der Waals surface area (Å²) in [7, 11) is 1.53. The van der Waals surface area contributed by atoms with Gasteiger partial charge in [-0.25, -0.2) is 4.79 Å². The predicted molar refractivity (Wildman–Crippen MR) is 74.3 cm³/mol. The number of rotatable bonds is 3. The molecule has 0 aromatic heterocycles. The molecule has 4 nitrogen and oxygen atoms in total. The first-order valence-corrected chi connectivity index (χ1v) is 6.86. The zero-order valence-electron chi connectivity index (χ0n) is 11.4. The zero-order valence-corrected chi connectivity index (χ0v) is 11.4. The highest BCUT2D eigenvalue weighted by Crippen LogP contribution is 2.27. The van der Waals surface area contributed by atoms with E-state index in [-0.39, 0.29) is 12.1 Å². The fourth-order valence-electron chi connectivity index (χ4n) is 2.51. The van der Waals surface area contributed by atoms with Gasteiger partial charge in [0.15, 0.2) is 0 Å². The first-order valence-electron chi connectivity index (χ1n) is 6.86. The molecule has 104 valence electrons. The first-order chi connectivity index (χ1) is 9.22. The van der Waals surface area contributed by atoms with Crippen LogP contribution in [0, 0.1) is 0 Å². The molecule has 0 unspecified atom stereocenters. The third-order valence-electron chi connectivity index (χ3n) is 3.56. The van der Waals surface area contributed by atoms with Crippen molar-refractivity contribution >= 4 is 11.7 Å². The molecule has 0 aliphatic heterocycles. The van der Waals surface area contributed by atoms with Crippen molar-refractivity contribution in [1.29, 1.82) is 0 Å². The molecule has 19 heavy (non-hydrogen) atoms. The number of nitrogens with two attached hydrogens (primary N) is 1. The van der Waals surface area contributed by atoms with Crippen molar-refractivity contribution in [3.05, 3.63) is 23.8 Å². The number of esters is 1. The molecular weight excluding hydrogens is 242 g/mol. The van der Waals surface area contributed by atoms with Crippen LogP contribution in [0.25, 0.3) is 0 Å². The van der Waals surface area contributed by atoms with Gasteiger partial charge < -0.3 is 15.2 Å². The van der Waals surface area contributed by atoms with Gasteiger partial charge in [-0.15, -0.1) is 0 Å². The highest BCUT2D eigenvalue weighted by Gasteiger charge is 2.22. The Kier molecular flexibility index (Phi) is 4.66. The number of benzene rings is 1. The Morgan fingerprint density at radius 2 is 1.89 bits per heavy atom. The summed E-state index contributed by atoms with van der Waals surface area (Å²) in [4.78, 5) is 12.2. The molecule has 4 heteroatoms. The van der Waals surface area contributed by atoms with E-state index < -0.39 is 0 Å². The average molecular weight is 263 g/mol. The molecule has 2 N–H and O–H groups in total. The van der Waals surface area contributed by atoms with Crippen LogP contribution in [0.5, 0.6) is 5.75 Å². The number of methoxy groups -OCH3 is 1. The number of carbonyl (C=O) groups excluding carboxylic acids is 1. The molecule has 1 aliphatic rings. The molecule has 1 aromatic carbocycles. The van der Waals surface area contributed by atoms with Gasteiger partial charge in [0, 0.05) is 5.69 Å². The maximum atomic E-state index is 12.2. The number of anilines is 1. The van der Waals surface area contributed by atoms with E-state index in [0.717, 1.165) is 25.7 Å². The van der Waals surface area contributed by atoms with Crippen LogP contribution in [0.2, 0.25) is 0 Å². The molecular formula is C15H21NO3. The van der Waals surface area contributed by atoms with Crippen molar-refractivity contribution in [3.63, 3.8) is 0 Å². The number of nitrogen functional groups attached to an aromatic ring is 1.